The van der Waals surface area contributed by atoms with Crippen LogP contribution in [0.4, 0.5) is 26.3 Å². The van der Waals surface area contributed by atoms with Crippen LogP contribution < -0.4 is 17.0 Å². The van der Waals surface area contributed by atoms with E-state index in [0.717, 1.165) is 6.42 Å². The van der Waals surface area contributed by atoms with Gasteiger partial charge in [0.25, 0.3) is 10.0 Å². The SMILES string of the molecule is CCC[N+]1(C)CCN(S(=O)(=O)C(F)(F)C(F)(F)C(C)(F)F)CC1.[Br-]. The molecule has 146 valence electrons. The monoisotopic (exact) mass is 450 g/mol. The first kappa shape index (κ1) is 23.9. The van der Waals surface area contributed by atoms with Gasteiger partial charge in [0.2, 0.25) is 0 Å². The molecule has 1 aliphatic heterocycles. The van der Waals surface area contributed by atoms with Crippen molar-refractivity contribution in [3.05, 3.63) is 0 Å². The Hall–Kier alpha value is -0.0700. The number of hydrogen-bond acceptors (Lipinski definition) is 2. The number of sulfonamides is 1. The van der Waals surface area contributed by atoms with Crippen LogP contribution in [-0.2, 0) is 10.0 Å². The molecular formula is C12H21BrF6N2O2S. The van der Waals surface area contributed by atoms with Crippen LogP contribution in [0.5, 0.6) is 0 Å². The van der Waals surface area contributed by atoms with Gasteiger partial charge in [-0.2, -0.15) is 30.6 Å². The van der Waals surface area contributed by atoms with Crippen LogP contribution in [0.3, 0.4) is 0 Å². The summed E-state index contributed by atoms with van der Waals surface area (Å²) in [6.45, 7) is 1.61. The molecule has 1 aliphatic rings. The number of halogens is 7. The van der Waals surface area contributed by atoms with E-state index in [1.807, 2.05) is 6.92 Å². The lowest BCUT2D eigenvalue weighted by Crippen LogP contribution is -3.00. The maximum absolute atomic E-state index is 13.7. The van der Waals surface area contributed by atoms with Crippen molar-refractivity contribution in [2.75, 3.05) is 39.8 Å². The van der Waals surface area contributed by atoms with Gasteiger partial charge in [-0.25, -0.2) is 8.42 Å². The molecule has 0 unspecified atom stereocenters. The lowest BCUT2D eigenvalue weighted by molar-refractivity contribution is -0.912. The van der Waals surface area contributed by atoms with E-state index in [1.54, 1.807) is 7.05 Å². The predicted octanol–water partition coefficient (Wildman–Crippen LogP) is -0.624. The first-order chi connectivity index (χ1) is 10.1. The zero-order chi connectivity index (χ0) is 18.3. The number of piperazine rings is 1. The van der Waals surface area contributed by atoms with E-state index in [1.165, 1.54) is 0 Å². The highest BCUT2D eigenvalue weighted by atomic mass is 79.9. The minimum Gasteiger partial charge on any atom is -1.00 e. The standard InChI is InChI=1S/C12H21F6N2O2S.BrH/c1-4-7-20(3)8-5-19(6-9-20)23(21,22)12(17,18)11(15,16)10(2,13)14;/h4-9H2,1-3H3;1H/q+1;/p-1. The molecule has 1 heterocycles. The first-order valence-corrected chi connectivity index (χ1v) is 8.53. The molecule has 0 radical (unpaired) electrons. The number of quaternary nitrogens is 1. The maximum Gasteiger partial charge on any atom is 0.427 e. The molecule has 0 saturated carbocycles. The Balaban J connectivity index is 0.00000529. The van der Waals surface area contributed by atoms with Crippen LogP contribution in [0.2, 0.25) is 0 Å². The summed E-state index contributed by atoms with van der Waals surface area (Å²) in [5.41, 5.74) is 0. The summed E-state index contributed by atoms with van der Waals surface area (Å²) in [4.78, 5) is 0. The van der Waals surface area contributed by atoms with E-state index in [-0.39, 0.29) is 34.4 Å². The molecular weight excluding hydrogens is 430 g/mol. The molecule has 0 spiro atoms. The number of hydrogen-bond donors (Lipinski definition) is 0. The van der Waals surface area contributed by atoms with E-state index in [0.29, 0.717) is 11.0 Å². The highest BCUT2D eigenvalue weighted by molar-refractivity contribution is 7.90. The molecule has 0 N–H and O–H groups in total. The lowest BCUT2D eigenvalue weighted by Gasteiger charge is -2.42. The summed E-state index contributed by atoms with van der Waals surface area (Å²) in [6.07, 6.45) is 0.777. The fraction of sp³-hybridized carbons (Fsp3) is 1.00. The smallest absolute Gasteiger partial charge is 0.427 e. The number of nitrogens with zero attached hydrogens (tertiary/aromatic N) is 2. The van der Waals surface area contributed by atoms with Gasteiger partial charge < -0.3 is 21.5 Å². The summed E-state index contributed by atoms with van der Waals surface area (Å²) < 4.78 is 104. The van der Waals surface area contributed by atoms with Gasteiger partial charge in [0.15, 0.2) is 0 Å². The van der Waals surface area contributed by atoms with Crippen molar-refractivity contribution in [2.24, 2.45) is 0 Å². The molecule has 0 aliphatic carbocycles. The largest absolute Gasteiger partial charge is 1.00 e. The zero-order valence-corrected chi connectivity index (χ0v) is 15.9. The maximum atomic E-state index is 13.7. The van der Waals surface area contributed by atoms with E-state index < -0.39 is 47.1 Å². The normalized spacial score (nSPS) is 20.5. The van der Waals surface area contributed by atoms with Gasteiger partial charge in [-0.15, -0.1) is 0 Å². The topological polar surface area (TPSA) is 37.4 Å². The Labute approximate surface area is 148 Å². The minimum atomic E-state index is -6.00. The summed E-state index contributed by atoms with van der Waals surface area (Å²) >= 11 is 0. The highest BCUT2D eigenvalue weighted by Crippen LogP contribution is 2.49. The Bertz CT molecular complexity index is 530. The van der Waals surface area contributed by atoms with Crippen molar-refractivity contribution in [1.29, 1.82) is 0 Å². The second-order valence-corrected chi connectivity index (χ2v) is 8.15. The number of alkyl halides is 6. The molecule has 1 saturated heterocycles. The summed E-state index contributed by atoms with van der Waals surface area (Å²) in [5.74, 6) is -11.2. The predicted molar refractivity (Wildman–Crippen MR) is 72.1 cm³/mol. The molecule has 4 nitrogen and oxygen atoms in total. The van der Waals surface area contributed by atoms with Crippen molar-refractivity contribution < 1.29 is 56.2 Å². The lowest BCUT2D eigenvalue weighted by atomic mass is 10.2. The van der Waals surface area contributed by atoms with E-state index in [4.69, 9.17) is 0 Å². The Morgan fingerprint density at radius 2 is 1.46 bits per heavy atom. The first-order valence-electron chi connectivity index (χ1n) is 7.09. The third-order valence-electron chi connectivity index (χ3n) is 4.12. The van der Waals surface area contributed by atoms with Gasteiger partial charge in [-0.3, -0.25) is 0 Å². The van der Waals surface area contributed by atoms with Crippen LogP contribution >= 0.6 is 0 Å². The third-order valence-corrected chi connectivity index (χ3v) is 6.07. The van der Waals surface area contributed by atoms with Crippen LogP contribution in [0.1, 0.15) is 20.3 Å². The van der Waals surface area contributed by atoms with Crippen molar-refractivity contribution in [3.8, 4) is 0 Å². The van der Waals surface area contributed by atoms with Crippen LogP contribution in [0.15, 0.2) is 0 Å². The summed E-state index contributed by atoms with van der Waals surface area (Å²) in [6, 6.07) is 0. The van der Waals surface area contributed by atoms with Gasteiger partial charge >= 0.3 is 17.1 Å². The molecule has 0 aromatic heterocycles. The van der Waals surface area contributed by atoms with Gasteiger partial charge in [0.05, 0.1) is 39.8 Å². The molecule has 0 atom stereocenters. The van der Waals surface area contributed by atoms with Crippen molar-refractivity contribution in [3.63, 3.8) is 0 Å². The Kier molecular flexibility index (Phi) is 7.26. The molecule has 24 heavy (non-hydrogen) atoms. The average Bonchev–Trinajstić information content (AvgIpc) is 2.37. The van der Waals surface area contributed by atoms with E-state index in [9.17, 15) is 34.8 Å². The molecule has 1 rings (SSSR count). The van der Waals surface area contributed by atoms with Gasteiger partial charge in [-0.05, 0) is 6.42 Å². The minimum absolute atomic E-state index is 0. The highest BCUT2D eigenvalue weighted by Gasteiger charge is 2.76. The van der Waals surface area contributed by atoms with Crippen molar-refractivity contribution in [2.45, 2.75) is 37.4 Å². The molecule has 0 bridgehead atoms. The van der Waals surface area contributed by atoms with Crippen LogP contribution in [0.25, 0.3) is 0 Å². The van der Waals surface area contributed by atoms with Crippen LogP contribution in [0, 0.1) is 0 Å². The van der Waals surface area contributed by atoms with Gasteiger partial charge in [0, 0.05) is 6.92 Å². The molecule has 0 amide bonds. The van der Waals surface area contributed by atoms with Crippen molar-refractivity contribution in [1.82, 2.24) is 4.31 Å². The molecule has 12 heteroatoms. The fourth-order valence-electron chi connectivity index (χ4n) is 2.51. The zero-order valence-electron chi connectivity index (χ0n) is 13.5. The van der Waals surface area contributed by atoms with Gasteiger partial charge in [0.1, 0.15) is 0 Å². The second-order valence-electron chi connectivity index (χ2n) is 6.17. The molecule has 0 aromatic rings. The Morgan fingerprint density at radius 3 is 1.79 bits per heavy atom. The Morgan fingerprint density at radius 1 is 1.04 bits per heavy atom. The van der Waals surface area contributed by atoms with E-state index in [2.05, 4.69) is 0 Å². The van der Waals surface area contributed by atoms with Crippen LogP contribution in [-0.4, -0.2) is 74.1 Å². The average molecular weight is 451 g/mol. The number of likely N-dealkylation sites (N-methyl/N-ethyl adjacent to an activating group) is 1. The summed E-state index contributed by atoms with van der Waals surface area (Å²) in [7, 11) is -4.12. The second kappa shape index (κ2) is 7.28. The van der Waals surface area contributed by atoms with E-state index >= 15 is 0 Å². The summed E-state index contributed by atoms with van der Waals surface area (Å²) in [5, 5.41) is -5.89. The van der Waals surface area contributed by atoms with Gasteiger partial charge in [-0.1, -0.05) is 6.92 Å². The fourth-order valence-corrected chi connectivity index (χ4v) is 3.98. The quantitative estimate of drug-likeness (QED) is 0.399. The third kappa shape index (κ3) is 4.01. The molecule has 0 aromatic carbocycles. The molecule has 1 fully saturated rings. The number of rotatable bonds is 6. The van der Waals surface area contributed by atoms with Crippen molar-refractivity contribution >= 4 is 10.0 Å².